The Balaban J connectivity index is 2.97. The summed E-state index contributed by atoms with van der Waals surface area (Å²) in [4.78, 5) is 8.27. The fraction of sp³-hybridized carbons (Fsp3) is 0.556. The Morgan fingerprint density at radius 2 is 2.23 bits per heavy atom. The van der Waals surface area contributed by atoms with E-state index in [0.29, 0.717) is 12.2 Å². The first-order valence-corrected chi connectivity index (χ1v) is 4.34. The quantitative estimate of drug-likeness (QED) is 0.731. The second kappa shape index (κ2) is 4.18. The summed E-state index contributed by atoms with van der Waals surface area (Å²) in [6, 6.07) is 0. The van der Waals surface area contributed by atoms with Crippen LogP contribution >= 0.6 is 0 Å². The van der Waals surface area contributed by atoms with E-state index in [0.717, 1.165) is 5.82 Å². The molecule has 0 atom stereocenters. The van der Waals surface area contributed by atoms with Crippen LogP contribution in [0.4, 0.5) is 0 Å². The summed E-state index contributed by atoms with van der Waals surface area (Å²) in [5, 5.41) is 12.3. The van der Waals surface area contributed by atoms with Crippen molar-refractivity contribution in [2.45, 2.75) is 26.3 Å². The van der Waals surface area contributed by atoms with E-state index in [9.17, 15) is 5.11 Å². The lowest BCUT2D eigenvalue weighted by Crippen LogP contribution is -2.09. The maximum atomic E-state index is 9.38. The lowest BCUT2D eigenvalue weighted by atomic mass is 10.2. The number of nitrogens with zero attached hydrogens (tertiary/aromatic N) is 2. The van der Waals surface area contributed by atoms with Crippen molar-refractivity contribution in [3.05, 3.63) is 17.7 Å². The number of hydrogen-bond donors (Lipinski definition) is 2. The molecule has 0 aromatic carbocycles. The molecule has 0 fully saturated rings. The number of aromatic nitrogens is 2. The monoisotopic (exact) mass is 181 g/mol. The van der Waals surface area contributed by atoms with Crippen LogP contribution in [-0.4, -0.2) is 22.1 Å². The minimum Gasteiger partial charge on any atom is -0.504 e. The van der Waals surface area contributed by atoms with Gasteiger partial charge in [-0.15, -0.1) is 0 Å². The highest BCUT2D eigenvalue weighted by atomic mass is 16.3. The van der Waals surface area contributed by atoms with Crippen molar-refractivity contribution in [3.8, 4) is 5.75 Å². The molecule has 0 bridgehead atoms. The Labute approximate surface area is 78.0 Å². The molecule has 2 N–H and O–H groups in total. The van der Waals surface area contributed by atoms with Gasteiger partial charge < -0.3 is 10.4 Å². The van der Waals surface area contributed by atoms with Crippen LogP contribution in [-0.2, 0) is 6.54 Å². The van der Waals surface area contributed by atoms with Crippen LogP contribution in [0, 0.1) is 0 Å². The predicted octanol–water partition coefficient (Wildman–Crippen LogP) is 1.02. The third-order valence-corrected chi connectivity index (χ3v) is 1.72. The van der Waals surface area contributed by atoms with Crippen LogP contribution < -0.4 is 5.32 Å². The van der Waals surface area contributed by atoms with E-state index in [-0.39, 0.29) is 11.7 Å². The number of hydrogen-bond acceptors (Lipinski definition) is 4. The molecule has 4 nitrogen and oxygen atoms in total. The smallest absolute Gasteiger partial charge is 0.156 e. The molecule has 0 aliphatic carbocycles. The average Bonchev–Trinajstić information content (AvgIpc) is 2.08. The van der Waals surface area contributed by atoms with Crippen molar-refractivity contribution >= 4 is 0 Å². The van der Waals surface area contributed by atoms with Crippen molar-refractivity contribution < 1.29 is 5.11 Å². The molecule has 1 heterocycles. The summed E-state index contributed by atoms with van der Waals surface area (Å²) in [7, 11) is 1.82. The summed E-state index contributed by atoms with van der Waals surface area (Å²) in [6.07, 6.45) is 1.45. The van der Waals surface area contributed by atoms with E-state index in [1.165, 1.54) is 6.20 Å². The Morgan fingerprint density at radius 1 is 1.54 bits per heavy atom. The minimum absolute atomic E-state index is 0.152. The van der Waals surface area contributed by atoms with Crippen LogP contribution in [0.25, 0.3) is 0 Å². The Kier molecular flexibility index (Phi) is 3.19. The first-order chi connectivity index (χ1) is 6.15. The summed E-state index contributed by atoms with van der Waals surface area (Å²) < 4.78 is 0. The SMILES string of the molecule is CNCc1nc(C(C)C)ncc1O. The molecule has 0 saturated carbocycles. The van der Waals surface area contributed by atoms with Crippen LogP contribution in [0.5, 0.6) is 5.75 Å². The summed E-state index contributed by atoms with van der Waals surface area (Å²) in [6.45, 7) is 4.61. The van der Waals surface area contributed by atoms with Crippen molar-refractivity contribution in [1.29, 1.82) is 0 Å². The highest BCUT2D eigenvalue weighted by Gasteiger charge is 2.07. The number of rotatable bonds is 3. The van der Waals surface area contributed by atoms with Crippen LogP contribution in [0.15, 0.2) is 6.20 Å². The molecule has 0 spiro atoms. The maximum Gasteiger partial charge on any atom is 0.156 e. The summed E-state index contributed by atoms with van der Waals surface area (Å²) in [5.41, 5.74) is 0.654. The largest absolute Gasteiger partial charge is 0.504 e. The van der Waals surface area contributed by atoms with Crippen molar-refractivity contribution in [2.75, 3.05) is 7.05 Å². The van der Waals surface area contributed by atoms with Gasteiger partial charge in [0, 0.05) is 12.5 Å². The van der Waals surface area contributed by atoms with Crippen LogP contribution in [0.1, 0.15) is 31.3 Å². The molecule has 13 heavy (non-hydrogen) atoms. The molecule has 1 rings (SSSR count). The molecule has 0 unspecified atom stereocenters. The van der Waals surface area contributed by atoms with Crippen molar-refractivity contribution in [2.24, 2.45) is 0 Å². The van der Waals surface area contributed by atoms with Crippen LogP contribution in [0.2, 0.25) is 0 Å². The fourth-order valence-electron chi connectivity index (χ4n) is 1.00. The first-order valence-electron chi connectivity index (χ1n) is 4.34. The van der Waals surface area contributed by atoms with Gasteiger partial charge in [0.1, 0.15) is 5.82 Å². The highest BCUT2D eigenvalue weighted by molar-refractivity contribution is 5.23. The number of nitrogens with one attached hydrogen (secondary N) is 1. The van der Waals surface area contributed by atoms with Crippen molar-refractivity contribution in [3.63, 3.8) is 0 Å². The van der Waals surface area contributed by atoms with Crippen LogP contribution in [0.3, 0.4) is 0 Å². The lowest BCUT2D eigenvalue weighted by Gasteiger charge is -2.07. The van der Waals surface area contributed by atoms with Gasteiger partial charge in [-0.2, -0.15) is 0 Å². The second-order valence-corrected chi connectivity index (χ2v) is 3.25. The van der Waals surface area contributed by atoms with Gasteiger partial charge in [-0.3, -0.25) is 0 Å². The van der Waals surface area contributed by atoms with Gasteiger partial charge >= 0.3 is 0 Å². The summed E-state index contributed by atoms with van der Waals surface area (Å²) >= 11 is 0. The predicted molar refractivity (Wildman–Crippen MR) is 50.5 cm³/mol. The maximum absolute atomic E-state index is 9.38. The Hall–Kier alpha value is -1.16. The zero-order valence-corrected chi connectivity index (χ0v) is 8.20. The zero-order valence-electron chi connectivity index (χ0n) is 8.20. The van der Waals surface area contributed by atoms with Crippen molar-refractivity contribution in [1.82, 2.24) is 15.3 Å². The molecular formula is C9H15N3O. The molecule has 1 aromatic rings. The highest BCUT2D eigenvalue weighted by Crippen LogP contribution is 2.16. The van der Waals surface area contributed by atoms with Gasteiger partial charge in [0.05, 0.1) is 11.9 Å². The van der Waals surface area contributed by atoms with E-state index in [4.69, 9.17) is 0 Å². The topological polar surface area (TPSA) is 58.0 Å². The third kappa shape index (κ3) is 2.39. The number of aromatic hydroxyl groups is 1. The molecule has 1 aromatic heterocycles. The van der Waals surface area contributed by atoms with Gasteiger partial charge in [0.25, 0.3) is 0 Å². The molecular weight excluding hydrogens is 166 g/mol. The van der Waals surface area contributed by atoms with E-state index < -0.39 is 0 Å². The average molecular weight is 181 g/mol. The van der Waals surface area contributed by atoms with Gasteiger partial charge in [-0.05, 0) is 7.05 Å². The molecule has 0 aliphatic heterocycles. The minimum atomic E-state index is 0.152. The molecule has 72 valence electrons. The van der Waals surface area contributed by atoms with E-state index in [1.54, 1.807) is 0 Å². The van der Waals surface area contributed by atoms with Gasteiger partial charge in [-0.1, -0.05) is 13.8 Å². The molecule has 4 heteroatoms. The van der Waals surface area contributed by atoms with Gasteiger partial charge in [-0.25, -0.2) is 9.97 Å². The molecule has 0 amide bonds. The normalized spacial score (nSPS) is 10.8. The van der Waals surface area contributed by atoms with Gasteiger partial charge in [0.2, 0.25) is 0 Å². The molecule has 0 radical (unpaired) electrons. The third-order valence-electron chi connectivity index (χ3n) is 1.72. The second-order valence-electron chi connectivity index (χ2n) is 3.25. The fourth-order valence-corrected chi connectivity index (χ4v) is 1.00. The Morgan fingerprint density at radius 3 is 2.77 bits per heavy atom. The molecule has 0 saturated heterocycles. The Bertz CT molecular complexity index is 286. The lowest BCUT2D eigenvalue weighted by molar-refractivity contribution is 0.455. The summed E-state index contributed by atoms with van der Waals surface area (Å²) in [5.74, 6) is 1.21. The molecule has 0 aliphatic rings. The van der Waals surface area contributed by atoms with E-state index in [2.05, 4.69) is 15.3 Å². The van der Waals surface area contributed by atoms with E-state index >= 15 is 0 Å². The standard InChI is InChI=1S/C9H15N3O/c1-6(2)9-11-5-8(13)7(12-9)4-10-3/h5-6,10,13H,4H2,1-3H3. The van der Waals surface area contributed by atoms with E-state index in [1.807, 2.05) is 20.9 Å². The first kappa shape index (κ1) is 9.92. The van der Waals surface area contributed by atoms with Gasteiger partial charge in [0.15, 0.2) is 5.75 Å². The zero-order chi connectivity index (χ0) is 9.84.